The molecule has 10 heteroatoms. The molecule has 4 aromatic carbocycles. The predicted octanol–water partition coefficient (Wildman–Crippen LogP) is 1.18. The molecule has 1 saturated carbocycles. The molecule has 5 rings (SSSR count). The van der Waals surface area contributed by atoms with E-state index in [1.54, 1.807) is 0 Å². The number of rotatable bonds is 8. The van der Waals surface area contributed by atoms with Crippen LogP contribution in [0.4, 0.5) is 0 Å². The number of aliphatic hydroxyl groups excluding tert-OH is 2. The number of hydrogen-bond acceptors (Lipinski definition) is 10. The van der Waals surface area contributed by atoms with Gasteiger partial charge in [0.25, 0.3) is 0 Å². The molecule has 10 nitrogen and oxygen atoms in total. The average Bonchev–Trinajstić information content (AvgIpc) is 3.09. The number of carbonyl (C=O) groups is 4. The lowest BCUT2D eigenvalue weighted by molar-refractivity contribution is -0.313. The van der Waals surface area contributed by atoms with Crippen molar-refractivity contribution in [2.24, 2.45) is 0 Å². The van der Waals surface area contributed by atoms with Gasteiger partial charge in [0, 0.05) is 22.3 Å². The molecule has 0 bridgehead atoms. The van der Waals surface area contributed by atoms with Gasteiger partial charge in [-0.25, -0.2) is 0 Å². The molecule has 0 heterocycles. The van der Waals surface area contributed by atoms with Crippen molar-refractivity contribution >= 4 is 23.1 Å². The van der Waals surface area contributed by atoms with E-state index in [9.17, 15) is 49.8 Å². The van der Waals surface area contributed by atoms with Gasteiger partial charge < -0.3 is 30.6 Å². The van der Waals surface area contributed by atoms with Crippen LogP contribution in [0.3, 0.4) is 0 Å². The number of hydrogen-bond donors (Lipinski definition) is 6. The highest BCUT2D eigenvalue weighted by Crippen LogP contribution is 2.53. The molecule has 0 saturated heterocycles. The highest BCUT2D eigenvalue weighted by Gasteiger charge is 2.85. The summed E-state index contributed by atoms with van der Waals surface area (Å²) in [6.45, 7) is 0. The summed E-state index contributed by atoms with van der Waals surface area (Å²) in [6, 6.07) is 26.1. The Morgan fingerprint density at radius 3 is 0.682 bits per heavy atom. The molecule has 0 aromatic heterocycles. The van der Waals surface area contributed by atoms with Gasteiger partial charge in [0.2, 0.25) is 23.1 Å². The maximum Gasteiger partial charge on any atom is 0.200 e. The Labute approximate surface area is 251 Å². The maximum absolute atomic E-state index is 14.1. The molecule has 0 spiro atoms. The molecule has 2 unspecified atom stereocenters. The van der Waals surface area contributed by atoms with E-state index in [0.717, 1.165) is 48.5 Å². The quantitative estimate of drug-likeness (QED) is 0.161. The van der Waals surface area contributed by atoms with E-state index in [1.807, 2.05) is 0 Å². The highest BCUT2D eigenvalue weighted by molar-refractivity contribution is 6.19. The molecule has 1 fully saturated rings. The Hall–Kier alpha value is -4.68. The third kappa shape index (κ3) is 4.12. The van der Waals surface area contributed by atoms with Crippen molar-refractivity contribution in [3.05, 3.63) is 144 Å². The van der Waals surface area contributed by atoms with Crippen molar-refractivity contribution in [2.75, 3.05) is 0 Å². The van der Waals surface area contributed by atoms with Crippen LogP contribution in [0.2, 0.25) is 0 Å². The summed E-state index contributed by atoms with van der Waals surface area (Å²) in [5, 5.41) is 72.8. The van der Waals surface area contributed by atoms with Gasteiger partial charge in [0.05, 0.1) is 0 Å². The smallest absolute Gasteiger partial charge is 0.200 e. The van der Waals surface area contributed by atoms with E-state index >= 15 is 0 Å². The van der Waals surface area contributed by atoms with Gasteiger partial charge in [-0.15, -0.1) is 0 Å². The second-order valence-electron chi connectivity index (χ2n) is 10.7. The van der Waals surface area contributed by atoms with E-state index in [-0.39, 0.29) is 0 Å². The molecule has 224 valence electrons. The topological polar surface area (TPSA) is 190 Å². The van der Waals surface area contributed by atoms with Crippen LogP contribution in [0.1, 0.15) is 41.4 Å². The summed E-state index contributed by atoms with van der Waals surface area (Å²) in [4.78, 5) is 56.4. The van der Waals surface area contributed by atoms with Gasteiger partial charge in [0.1, 0.15) is 12.2 Å². The van der Waals surface area contributed by atoms with Crippen LogP contribution in [-0.4, -0.2) is 88.4 Å². The van der Waals surface area contributed by atoms with Crippen LogP contribution in [0.15, 0.2) is 121 Å². The van der Waals surface area contributed by atoms with Gasteiger partial charge in [-0.3, -0.25) is 19.2 Å². The Bertz CT molecular complexity index is 1460. The standard InChI is InChI=1S/C34H28O10/c35-25(21-13-5-1-6-14-21)31(41)29(39)33(43,27(37)23-17-9-3-10-18-23)34(44,28(38)24-19-11-4-12-20-24)30(40)32(31,42)26(36)22-15-7-2-8-16-22/h1-20,29-30,39-44H/t29?,30?,31-,32-,33-,34+/m1/s1. The summed E-state index contributed by atoms with van der Waals surface area (Å²) in [7, 11) is 0. The van der Waals surface area contributed by atoms with Crippen molar-refractivity contribution in [2.45, 2.75) is 34.6 Å². The summed E-state index contributed by atoms with van der Waals surface area (Å²) < 4.78 is 0. The first-order valence-electron chi connectivity index (χ1n) is 13.5. The monoisotopic (exact) mass is 596 g/mol. The molecule has 6 atom stereocenters. The van der Waals surface area contributed by atoms with Crippen LogP contribution in [-0.2, 0) is 0 Å². The Morgan fingerprint density at radius 1 is 0.364 bits per heavy atom. The fourth-order valence-electron chi connectivity index (χ4n) is 5.87. The molecular formula is C34H28O10. The third-order valence-electron chi connectivity index (χ3n) is 8.27. The van der Waals surface area contributed by atoms with Crippen molar-refractivity contribution in [1.82, 2.24) is 0 Å². The van der Waals surface area contributed by atoms with Gasteiger partial charge in [-0.05, 0) is 0 Å². The molecule has 1 aliphatic rings. The Balaban J connectivity index is 1.88. The zero-order chi connectivity index (χ0) is 31.9. The van der Waals surface area contributed by atoms with E-state index in [1.165, 1.54) is 72.8 Å². The minimum absolute atomic E-state index is 0.408. The lowest BCUT2D eigenvalue weighted by Gasteiger charge is -2.60. The van der Waals surface area contributed by atoms with Gasteiger partial charge >= 0.3 is 0 Å². The summed E-state index contributed by atoms with van der Waals surface area (Å²) in [6.07, 6.45) is -6.57. The van der Waals surface area contributed by atoms with Gasteiger partial charge in [-0.2, -0.15) is 0 Å². The number of ketones is 4. The van der Waals surface area contributed by atoms with Gasteiger partial charge in [-0.1, -0.05) is 121 Å². The molecule has 4 aromatic rings. The zero-order valence-corrected chi connectivity index (χ0v) is 23.0. The van der Waals surface area contributed by atoms with Crippen LogP contribution in [0.25, 0.3) is 0 Å². The van der Waals surface area contributed by atoms with E-state index in [0.29, 0.717) is 0 Å². The maximum atomic E-state index is 14.1. The predicted molar refractivity (Wildman–Crippen MR) is 155 cm³/mol. The molecule has 1 aliphatic carbocycles. The van der Waals surface area contributed by atoms with Crippen LogP contribution < -0.4 is 0 Å². The highest BCUT2D eigenvalue weighted by atomic mass is 16.5. The Morgan fingerprint density at radius 2 is 0.523 bits per heavy atom. The third-order valence-corrected chi connectivity index (χ3v) is 8.27. The largest absolute Gasteiger partial charge is 0.386 e. The zero-order valence-electron chi connectivity index (χ0n) is 23.0. The summed E-state index contributed by atoms with van der Waals surface area (Å²) in [5.41, 5.74) is -17.3. The first kappa shape index (κ1) is 30.8. The van der Waals surface area contributed by atoms with Crippen molar-refractivity contribution < 1.29 is 49.8 Å². The summed E-state index contributed by atoms with van der Waals surface area (Å²) >= 11 is 0. The minimum Gasteiger partial charge on any atom is -0.386 e. The fraction of sp³-hybridized carbons (Fsp3) is 0.176. The molecular weight excluding hydrogens is 568 g/mol. The van der Waals surface area contributed by atoms with Crippen LogP contribution >= 0.6 is 0 Å². The molecule has 6 N–H and O–H groups in total. The molecule has 0 aliphatic heterocycles. The SMILES string of the molecule is O=C(c1ccccc1)[C@@]1(O)C(O)[C@](O)(C(=O)c2ccccc2)[C@](O)(C(=O)c2ccccc2)C(O)[C@]1(O)C(=O)c1ccccc1. The molecule has 0 amide bonds. The lowest BCUT2D eigenvalue weighted by Crippen LogP contribution is -2.92. The normalized spacial score (nSPS) is 29.9. The average molecular weight is 597 g/mol. The molecule has 44 heavy (non-hydrogen) atoms. The summed E-state index contributed by atoms with van der Waals surface area (Å²) in [5.74, 6) is -6.37. The van der Waals surface area contributed by atoms with Crippen molar-refractivity contribution in [3.8, 4) is 0 Å². The van der Waals surface area contributed by atoms with E-state index < -0.39 is 80.0 Å². The first-order valence-corrected chi connectivity index (χ1v) is 13.5. The molecule has 0 radical (unpaired) electrons. The fourth-order valence-corrected chi connectivity index (χ4v) is 5.87. The van der Waals surface area contributed by atoms with Crippen molar-refractivity contribution in [1.29, 1.82) is 0 Å². The van der Waals surface area contributed by atoms with Crippen LogP contribution in [0, 0.1) is 0 Å². The first-order chi connectivity index (χ1) is 20.9. The second-order valence-corrected chi connectivity index (χ2v) is 10.7. The number of Topliss-reactive ketones (excluding diaryl/α,β-unsaturated/α-hetero) is 4. The number of benzene rings is 4. The number of aliphatic hydroxyl groups is 6. The lowest BCUT2D eigenvalue weighted by atomic mass is 9.49. The number of carbonyl (C=O) groups excluding carboxylic acids is 4. The van der Waals surface area contributed by atoms with E-state index in [2.05, 4.69) is 0 Å². The van der Waals surface area contributed by atoms with Crippen LogP contribution in [0.5, 0.6) is 0 Å². The second kappa shape index (κ2) is 11.1. The minimum atomic E-state index is -3.93. The van der Waals surface area contributed by atoms with Gasteiger partial charge in [0.15, 0.2) is 22.4 Å². The van der Waals surface area contributed by atoms with E-state index in [4.69, 9.17) is 0 Å². The van der Waals surface area contributed by atoms with Crippen molar-refractivity contribution in [3.63, 3.8) is 0 Å². The Kier molecular flexibility index (Phi) is 7.77.